The van der Waals surface area contributed by atoms with E-state index in [1.54, 1.807) is 6.07 Å². The Labute approximate surface area is 137 Å². The second kappa shape index (κ2) is 6.19. The fraction of sp³-hybridized carbons (Fsp3) is 0.125. The molecule has 1 unspecified atom stereocenters. The van der Waals surface area contributed by atoms with Gasteiger partial charge in [0.25, 0.3) is 6.43 Å². The summed E-state index contributed by atoms with van der Waals surface area (Å²) in [5, 5.41) is 8.82. The fourth-order valence-electron chi connectivity index (χ4n) is 2.42. The molecule has 122 valence electrons. The molecule has 24 heavy (non-hydrogen) atoms. The number of benzene rings is 2. The van der Waals surface area contributed by atoms with Crippen molar-refractivity contribution in [2.45, 2.75) is 11.3 Å². The standard InChI is InChI=1S/C16H8F3NO3S/c17-9-3-8(6-20)4-10(5-9)23-13-2-1-11-12(21)7-24(22)15(11)14(13)16(18)19/h1-5,16H,7H2. The number of ether oxygens (including phenoxy) is 1. The van der Waals surface area contributed by atoms with Gasteiger partial charge in [0.2, 0.25) is 5.78 Å². The largest absolute Gasteiger partial charge is 0.611 e. The van der Waals surface area contributed by atoms with Crippen molar-refractivity contribution >= 4 is 17.0 Å². The molecule has 1 aliphatic heterocycles. The average molecular weight is 351 g/mol. The van der Waals surface area contributed by atoms with E-state index in [9.17, 15) is 22.5 Å². The monoisotopic (exact) mass is 351 g/mol. The lowest BCUT2D eigenvalue weighted by Gasteiger charge is -2.14. The summed E-state index contributed by atoms with van der Waals surface area (Å²) in [5.41, 5.74) is -0.712. The molecule has 0 saturated heterocycles. The number of halogens is 3. The van der Waals surface area contributed by atoms with Gasteiger partial charge in [-0.05, 0) is 35.4 Å². The van der Waals surface area contributed by atoms with E-state index in [4.69, 9.17) is 10.00 Å². The molecule has 1 atom stereocenters. The maximum absolute atomic E-state index is 13.5. The van der Waals surface area contributed by atoms with Crippen LogP contribution in [0.2, 0.25) is 0 Å². The van der Waals surface area contributed by atoms with E-state index in [-0.39, 0.29) is 33.3 Å². The highest BCUT2D eigenvalue weighted by Gasteiger charge is 2.39. The maximum atomic E-state index is 13.5. The summed E-state index contributed by atoms with van der Waals surface area (Å²) in [6.45, 7) is 0. The highest BCUT2D eigenvalue weighted by atomic mass is 32.2. The molecule has 0 saturated carbocycles. The van der Waals surface area contributed by atoms with Gasteiger partial charge in [-0.25, -0.2) is 13.2 Å². The van der Waals surface area contributed by atoms with Crippen LogP contribution in [0.25, 0.3) is 0 Å². The summed E-state index contributed by atoms with van der Waals surface area (Å²) in [5.74, 6) is -2.07. The number of alkyl halides is 2. The molecule has 0 radical (unpaired) electrons. The van der Waals surface area contributed by atoms with Gasteiger partial charge in [-0.3, -0.25) is 4.79 Å². The number of ketones is 1. The predicted molar refractivity (Wildman–Crippen MR) is 78.2 cm³/mol. The molecule has 0 aromatic heterocycles. The molecule has 1 heterocycles. The number of nitriles is 1. The smallest absolute Gasteiger partial charge is 0.272 e. The van der Waals surface area contributed by atoms with Crippen molar-refractivity contribution < 1.29 is 27.3 Å². The van der Waals surface area contributed by atoms with E-state index >= 15 is 0 Å². The van der Waals surface area contributed by atoms with Crippen LogP contribution in [0.1, 0.15) is 27.9 Å². The van der Waals surface area contributed by atoms with Crippen molar-refractivity contribution in [1.29, 1.82) is 5.26 Å². The Morgan fingerprint density at radius 3 is 2.71 bits per heavy atom. The summed E-state index contributed by atoms with van der Waals surface area (Å²) in [6.07, 6.45) is -3.03. The number of carbonyl (C=O) groups excluding carboxylic acids is 1. The minimum Gasteiger partial charge on any atom is -0.611 e. The van der Waals surface area contributed by atoms with Crippen molar-refractivity contribution in [2.75, 3.05) is 5.75 Å². The van der Waals surface area contributed by atoms with Gasteiger partial charge >= 0.3 is 0 Å². The van der Waals surface area contributed by atoms with E-state index in [2.05, 4.69) is 0 Å². The topological polar surface area (TPSA) is 73.2 Å². The summed E-state index contributed by atoms with van der Waals surface area (Å²) >= 11 is -1.87. The molecule has 2 aromatic rings. The van der Waals surface area contributed by atoms with Gasteiger partial charge in [0.05, 0.1) is 17.2 Å². The Bertz CT molecular complexity index is 880. The number of carbonyl (C=O) groups is 1. The van der Waals surface area contributed by atoms with E-state index in [1.807, 2.05) is 0 Å². The van der Waals surface area contributed by atoms with Crippen LogP contribution in [-0.4, -0.2) is 16.1 Å². The summed E-state index contributed by atoms with van der Waals surface area (Å²) < 4.78 is 57.6. The first-order valence-corrected chi connectivity index (χ1v) is 7.97. The summed E-state index contributed by atoms with van der Waals surface area (Å²) in [7, 11) is 0. The van der Waals surface area contributed by atoms with Crippen molar-refractivity contribution in [3.05, 3.63) is 52.8 Å². The zero-order chi connectivity index (χ0) is 17.4. The first kappa shape index (κ1) is 16.4. The van der Waals surface area contributed by atoms with Crippen LogP contribution in [0.5, 0.6) is 11.5 Å². The summed E-state index contributed by atoms with van der Waals surface area (Å²) in [4.78, 5) is 11.4. The van der Waals surface area contributed by atoms with Gasteiger partial charge < -0.3 is 9.29 Å². The van der Waals surface area contributed by atoms with Crippen LogP contribution in [0.4, 0.5) is 13.2 Å². The molecule has 0 N–H and O–H groups in total. The van der Waals surface area contributed by atoms with Crippen molar-refractivity contribution in [2.24, 2.45) is 0 Å². The zero-order valence-corrected chi connectivity index (χ0v) is 12.7. The fourth-order valence-corrected chi connectivity index (χ4v) is 3.82. The maximum Gasteiger partial charge on any atom is 0.272 e. The van der Waals surface area contributed by atoms with Crippen LogP contribution in [0, 0.1) is 17.1 Å². The van der Waals surface area contributed by atoms with Crippen LogP contribution in [0.3, 0.4) is 0 Å². The van der Waals surface area contributed by atoms with Gasteiger partial charge in [0.15, 0.2) is 10.6 Å². The third-order valence-corrected chi connectivity index (χ3v) is 4.81. The third-order valence-electron chi connectivity index (χ3n) is 3.39. The number of hydrogen-bond donors (Lipinski definition) is 0. The summed E-state index contributed by atoms with van der Waals surface area (Å²) in [6, 6.07) is 7.23. The molecule has 0 bridgehead atoms. The lowest BCUT2D eigenvalue weighted by Crippen LogP contribution is -2.06. The second-order valence-corrected chi connectivity index (χ2v) is 6.35. The normalized spacial score (nSPS) is 16.2. The molecule has 0 aliphatic carbocycles. The first-order valence-electron chi connectivity index (χ1n) is 6.66. The first-order chi connectivity index (χ1) is 11.4. The lowest BCUT2D eigenvalue weighted by atomic mass is 10.1. The van der Waals surface area contributed by atoms with Gasteiger partial charge in [0, 0.05) is 6.07 Å². The van der Waals surface area contributed by atoms with E-state index in [1.165, 1.54) is 12.1 Å². The van der Waals surface area contributed by atoms with E-state index in [0.717, 1.165) is 18.2 Å². The minimum absolute atomic E-state index is 0.0204. The molecule has 2 aromatic carbocycles. The van der Waals surface area contributed by atoms with Crippen LogP contribution in [0.15, 0.2) is 35.2 Å². The van der Waals surface area contributed by atoms with Crippen LogP contribution >= 0.6 is 0 Å². The molecular weight excluding hydrogens is 343 g/mol. The Morgan fingerprint density at radius 1 is 1.29 bits per heavy atom. The number of Topliss-reactive ketones (excluding diaryl/α,β-unsaturated/α-hetero) is 1. The molecule has 8 heteroatoms. The number of hydrogen-bond acceptors (Lipinski definition) is 4. The van der Waals surface area contributed by atoms with Crippen molar-refractivity contribution in [1.82, 2.24) is 0 Å². The van der Waals surface area contributed by atoms with Crippen molar-refractivity contribution in [3.63, 3.8) is 0 Å². The predicted octanol–water partition coefficient (Wildman–Crippen LogP) is 3.73. The van der Waals surface area contributed by atoms with E-state index in [0.29, 0.717) is 0 Å². The van der Waals surface area contributed by atoms with E-state index < -0.39 is 34.8 Å². The molecule has 0 spiro atoms. The Hall–Kier alpha value is -2.50. The second-order valence-electron chi connectivity index (χ2n) is 4.96. The molecule has 4 nitrogen and oxygen atoms in total. The minimum atomic E-state index is -3.03. The zero-order valence-electron chi connectivity index (χ0n) is 11.9. The quantitative estimate of drug-likeness (QED) is 0.790. The Balaban J connectivity index is 2.10. The molecule has 0 amide bonds. The number of nitrogens with zero attached hydrogens (tertiary/aromatic N) is 1. The van der Waals surface area contributed by atoms with Gasteiger partial charge in [0.1, 0.15) is 22.9 Å². The number of rotatable bonds is 3. The number of fused-ring (bicyclic) bond motifs is 1. The molecule has 0 fully saturated rings. The van der Waals surface area contributed by atoms with Crippen LogP contribution < -0.4 is 4.74 Å². The molecular formula is C16H8F3NO3S. The lowest BCUT2D eigenvalue weighted by molar-refractivity contribution is 0.102. The Morgan fingerprint density at radius 2 is 2.04 bits per heavy atom. The molecule has 1 aliphatic rings. The SMILES string of the molecule is N#Cc1cc(F)cc(Oc2ccc3c(c2C(F)F)[S+]([O-])CC3=O)c1. The highest BCUT2D eigenvalue weighted by Crippen LogP contribution is 2.42. The van der Waals surface area contributed by atoms with Gasteiger partial charge in [-0.2, -0.15) is 5.26 Å². The third kappa shape index (κ3) is 2.84. The molecule has 3 rings (SSSR count). The highest BCUT2D eigenvalue weighted by molar-refractivity contribution is 7.92. The van der Waals surface area contributed by atoms with Crippen LogP contribution in [-0.2, 0) is 11.2 Å². The van der Waals surface area contributed by atoms with Gasteiger partial charge in [-0.15, -0.1) is 0 Å². The average Bonchev–Trinajstić information content (AvgIpc) is 2.80. The Kier molecular flexibility index (Phi) is 4.22. The van der Waals surface area contributed by atoms with Gasteiger partial charge in [-0.1, -0.05) is 0 Å². The van der Waals surface area contributed by atoms with Crippen molar-refractivity contribution in [3.8, 4) is 17.6 Å².